The molecule has 0 spiro atoms. The zero-order valence-electron chi connectivity index (χ0n) is 9.28. The Labute approximate surface area is 94.8 Å². The number of anilines is 1. The minimum Gasteiger partial charge on any atom is -0.505 e. The number of aromatic hydroxyl groups is 1. The van der Waals surface area contributed by atoms with E-state index in [1.165, 1.54) is 12.0 Å². The lowest BCUT2D eigenvalue weighted by Crippen LogP contribution is -1.96. The van der Waals surface area contributed by atoms with Gasteiger partial charge in [-0.05, 0) is 24.5 Å². The second-order valence-corrected chi connectivity index (χ2v) is 4.48. The van der Waals surface area contributed by atoms with Gasteiger partial charge in [-0.2, -0.15) is 0 Å². The largest absolute Gasteiger partial charge is 0.505 e. The molecule has 1 atom stereocenters. The van der Waals surface area contributed by atoms with Crippen molar-refractivity contribution < 1.29 is 9.29 Å². The average Bonchev–Trinajstić information content (AvgIpc) is 2.22. The summed E-state index contributed by atoms with van der Waals surface area (Å²) in [4.78, 5) is 0.920. The Kier molecular flexibility index (Phi) is 4.29. The van der Waals surface area contributed by atoms with Crippen LogP contribution in [0, 0.1) is 0 Å². The van der Waals surface area contributed by atoms with Gasteiger partial charge in [0.05, 0.1) is 12.8 Å². The van der Waals surface area contributed by atoms with Gasteiger partial charge in [0.15, 0.2) is 0 Å². The van der Waals surface area contributed by atoms with Crippen LogP contribution in [-0.2, 0) is 4.18 Å². The van der Waals surface area contributed by atoms with Crippen molar-refractivity contribution in [1.82, 2.24) is 0 Å². The summed E-state index contributed by atoms with van der Waals surface area (Å²) in [5.74, 6) is 0.495. The molecule has 4 heteroatoms. The van der Waals surface area contributed by atoms with Gasteiger partial charge in [-0.1, -0.05) is 13.8 Å². The average molecular weight is 227 g/mol. The van der Waals surface area contributed by atoms with Gasteiger partial charge in [-0.15, -0.1) is 0 Å². The standard InChI is InChI=1S/C11H17NO2S/c1-4-7(2)9-5-8(15-14-3)6-10(12)11(9)13/h5-7,13H,4,12H2,1-3H3. The number of phenols is 1. The topological polar surface area (TPSA) is 55.5 Å². The lowest BCUT2D eigenvalue weighted by atomic mass is 9.97. The molecule has 1 aromatic carbocycles. The van der Waals surface area contributed by atoms with Gasteiger partial charge in [-0.3, -0.25) is 0 Å². The fourth-order valence-electron chi connectivity index (χ4n) is 1.39. The summed E-state index contributed by atoms with van der Waals surface area (Å²) in [5.41, 5.74) is 7.02. The Hall–Kier alpha value is -0.870. The molecule has 0 radical (unpaired) electrons. The zero-order valence-corrected chi connectivity index (χ0v) is 10.1. The number of phenolic OH excluding ortho intramolecular Hbond substituents is 1. The first-order valence-corrected chi connectivity index (χ1v) is 5.67. The summed E-state index contributed by atoms with van der Waals surface area (Å²) in [5, 5.41) is 9.82. The second-order valence-electron chi connectivity index (χ2n) is 3.51. The number of nitrogen functional groups attached to an aromatic ring is 1. The van der Waals surface area contributed by atoms with E-state index >= 15 is 0 Å². The van der Waals surface area contributed by atoms with Gasteiger partial charge in [-0.25, -0.2) is 0 Å². The van der Waals surface area contributed by atoms with Crippen LogP contribution >= 0.6 is 12.0 Å². The van der Waals surface area contributed by atoms with Crippen LogP contribution in [0.5, 0.6) is 5.75 Å². The summed E-state index contributed by atoms with van der Waals surface area (Å²) >= 11 is 1.25. The van der Waals surface area contributed by atoms with Gasteiger partial charge < -0.3 is 15.0 Å². The Balaban J connectivity index is 3.12. The molecule has 0 saturated heterocycles. The fraction of sp³-hybridized carbons (Fsp3) is 0.455. The van der Waals surface area contributed by atoms with E-state index < -0.39 is 0 Å². The number of hydrogen-bond acceptors (Lipinski definition) is 4. The van der Waals surface area contributed by atoms with Gasteiger partial charge >= 0.3 is 0 Å². The van der Waals surface area contributed by atoms with Gasteiger partial charge in [0.1, 0.15) is 5.75 Å². The van der Waals surface area contributed by atoms with Crippen molar-refractivity contribution in [2.75, 3.05) is 12.8 Å². The molecule has 0 heterocycles. The third-order valence-electron chi connectivity index (χ3n) is 2.47. The predicted octanol–water partition coefficient (Wildman–Crippen LogP) is 3.14. The van der Waals surface area contributed by atoms with E-state index in [1.54, 1.807) is 13.2 Å². The van der Waals surface area contributed by atoms with Crippen molar-refractivity contribution in [3.63, 3.8) is 0 Å². The maximum Gasteiger partial charge on any atom is 0.141 e. The molecule has 0 aromatic heterocycles. The molecule has 1 unspecified atom stereocenters. The summed E-state index contributed by atoms with van der Waals surface area (Å²) in [6.07, 6.45) is 0.966. The normalized spacial score (nSPS) is 12.7. The smallest absolute Gasteiger partial charge is 0.141 e. The van der Waals surface area contributed by atoms with Crippen molar-refractivity contribution >= 4 is 17.7 Å². The lowest BCUT2D eigenvalue weighted by Gasteiger charge is -2.14. The number of benzene rings is 1. The SMILES string of the molecule is CCC(C)c1cc(SOC)cc(N)c1O. The highest BCUT2D eigenvalue weighted by Crippen LogP contribution is 2.36. The Morgan fingerprint density at radius 2 is 2.20 bits per heavy atom. The van der Waals surface area contributed by atoms with E-state index in [1.807, 2.05) is 6.07 Å². The summed E-state index contributed by atoms with van der Waals surface area (Å²) in [6, 6.07) is 3.64. The fourth-order valence-corrected chi connectivity index (χ4v) is 1.93. The summed E-state index contributed by atoms with van der Waals surface area (Å²) in [7, 11) is 1.61. The maximum atomic E-state index is 9.82. The first kappa shape index (κ1) is 12.2. The van der Waals surface area contributed by atoms with E-state index in [2.05, 4.69) is 13.8 Å². The molecule has 15 heavy (non-hydrogen) atoms. The van der Waals surface area contributed by atoms with Crippen LogP contribution in [0.1, 0.15) is 31.7 Å². The van der Waals surface area contributed by atoms with E-state index in [9.17, 15) is 5.11 Å². The molecule has 0 fully saturated rings. The first-order valence-electron chi connectivity index (χ1n) is 4.93. The van der Waals surface area contributed by atoms with Crippen molar-refractivity contribution in [3.8, 4) is 5.75 Å². The lowest BCUT2D eigenvalue weighted by molar-refractivity contribution is 0.463. The van der Waals surface area contributed by atoms with Crippen LogP contribution in [0.2, 0.25) is 0 Å². The second kappa shape index (κ2) is 5.28. The van der Waals surface area contributed by atoms with Crippen molar-refractivity contribution in [3.05, 3.63) is 17.7 Å². The molecule has 3 N–H and O–H groups in total. The first-order chi connectivity index (χ1) is 7.10. The maximum absolute atomic E-state index is 9.82. The van der Waals surface area contributed by atoms with Crippen LogP contribution in [0.3, 0.4) is 0 Å². The quantitative estimate of drug-likeness (QED) is 0.471. The van der Waals surface area contributed by atoms with Crippen molar-refractivity contribution in [2.24, 2.45) is 0 Å². The van der Waals surface area contributed by atoms with Crippen LogP contribution < -0.4 is 5.73 Å². The number of hydrogen-bond donors (Lipinski definition) is 2. The highest BCUT2D eigenvalue weighted by atomic mass is 32.2. The Morgan fingerprint density at radius 1 is 1.53 bits per heavy atom. The molecule has 0 aliphatic heterocycles. The predicted molar refractivity (Wildman–Crippen MR) is 64.1 cm³/mol. The monoisotopic (exact) mass is 227 g/mol. The Morgan fingerprint density at radius 3 is 2.73 bits per heavy atom. The molecule has 84 valence electrons. The molecule has 0 bridgehead atoms. The number of nitrogens with two attached hydrogens (primary N) is 1. The molecular weight excluding hydrogens is 210 g/mol. The van der Waals surface area contributed by atoms with Gasteiger partial charge in [0.25, 0.3) is 0 Å². The summed E-state index contributed by atoms with van der Waals surface area (Å²) in [6.45, 7) is 4.15. The van der Waals surface area contributed by atoms with Crippen LogP contribution in [0.15, 0.2) is 17.0 Å². The van der Waals surface area contributed by atoms with Crippen LogP contribution in [0.4, 0.5) is 5.69 Å². The van der Waals surface area contributed by atoms with E-state index in [0.29, 0.717) is 11.6 Å². The third-order valence-corrected chi connectivity index (χ3v) is 3.06. The molecule has 0 amide bonds. The molecule has 0 saturated carbocycles. The van der Waals surface area contributed by atoms with Crippen molar-refractivity contribution in [2.45, 2.75) is 31.1 Å². The Bertz CT molecular complexity index is 342. The zero-order chi connectivity index (χ0) is 11.4. The highest BCUT2D eigenvalue weighted by molar-refractivity contribution is 7.94. The minimum absolute atomic E-state index is 0.199. The third kappa shape index (κ3) is 2.79. The molecular formula is C11H17NO2S. The van der Waals surface area contributed by atoms with E-state index in [0.717, 1.165) is 16.9 Å². The molecule has 3 nitrogen and oxygen atoms in total. The summed E-state index contributed by atoms with van der Waals surface area (Å²) < 4.78 is 4.97. The van der Waals surface area contributed by atoms with E-state index in [4.69, 9.17) is 9.92 Å². The number of rotatable bonds is 4. The molecule has 1 rings (SSSR count). The molecule has 1 aromatic rings. The molecule has 0 aliphatic carbocycles. The molecule has 0 aliphatic rings. The van der Waals surface area contributed by atoms with Gasteiger partial charge in [0, 0.05) is 22.5 Å². The van der Waals surface area contributed by atoms with Crippen molar-refractivity contribution in [1.29, 1.82) is 0 Å². The van der Waals surface area contributed by atoms with Crippen LogP contribution in [0.25, 0.3) is 0 Å². The van der Waals surface area contributed by atoms with Gasteiger partial charge in [0.2, 0.25) is 0 Å². The minimum atomic E-state index is 0.199. The van der Waals surface area contributed by atoms with Crippen LogP contribution in [-0.4, -0.2) is 12.2 Å². The highest BCUT2D eigenvalue weighted by Gasteiger charge is 2.13. The van der Waals surface area contributed by atoms with E-state index in [-0.39, 0.29) is 5.75 Å².